The fourth-order valence-electron chi connectivity index (χ4n) is 2.93. The number of hydrogen-bond donors (Lipinski definition) is 1. The van der Waals surface area contributed by atoms with E-state index in [4.69, 9.17) is 9.15 Å². The van der Waals surface area contributed by atoms with Crippen molar-refractivity contribution in [3.05, 3.63) is 70.6 Å². The molecule has 3 aromatic rings. The maximum Gasteiger partial charge on any atom is 0.336 e. The number of aryl methyl sites for hydroxylation is 1. The fourth-order valence-corrected chi connectivity index (χ4v) is 4.13. The Balaban J connectivity index is 1.83. The zero-order valence-electron chi connectivity index (χ0n) is 16.9. The molecular formula is C22H23NO6S. The molecule has 3 rings (SSSR count). The van der Waals surface area contributed by atoms with Gasteiger partial charge in [0.05, 0.1) is 4.90 Å². The molecule has 1 N–H and O–H groups in total. The van der Waals surface area contributed by atoms with E-state index in [2.05, 4.69) is 4.72 Å². The van der Waals surface area contributed by atoms with E-state index in [-0.39, 0.29) is 28.6 Å². The molecule has 1 heterocycles. The minimum atomic E-state index is -3.91. The summed E-state index contributed by atoms with van der Waals surface area (Å²) in [6, 6.07) is 12.8. The smallest absolute Gasteiger partial charge is 0.336 e. The summed E-state index contributed by atoms with van der Waals surface area (Å²) in [4.78, 5) is 24.3. The molecule has 0 aliphatic heterocycles. The first-order chi connectivity index (χ1) is 14.1. The number of esters is 1. The number of carbonyl (C=O) groups is 1. The second-order valence-corrected chi connectivity index (χ2v) is 9.21. The topological polar surface area (TPSA) is 103 Å². The van der Waals surface area contributed by atoms with Gasteiger partial charge in [0.1, 0.15) is 17.4 Å². The minimum absolute atomic E-state index is 0.0397. The van der Waals surface area contributed by atoms with E-state index in [1.807, 2.05) is 20.8 Å². The van der Waals surface area contributed by atoms with Crippen LogP contribution in [0.3, 0.4) is 0 Å². The van der Waals surface area contributed by atoms with Gasteiger partial charge in [-0.2, -0.15) is 4.72 Å². The highest BCUT2D eigenvalue weighted by molar-refractivity contribution is 7.89. The summed E-state index contributed by atoms with van der Waals surface area (Å²) in [7, 11) is -3.91. The molecule has 2 aromatic carbocycles. The van der Waals surface area contributed by atoms with Crippen molar-refractivity contribution in [1.29, 1.82) is 0 Å². The van der Waals surface area contributed by atoms with Crippen LogP contribution in [-0.2, 0) is 14.8 Å². The number of nitrogens with one attached hydrogen (secondary N) is 1. The average molecular weight is 429 g/mol. The van der Waals surface area contributed by atoms with Crippen molar-refractivity contribution in [3.63, 3.8) is 0 Å². The van der Waals surface area contributed by atoms with Crippen LogP contribution < -0.4 is 15.1 Å². The maximum atomic E-state index is 12.8. The lowest BCUT2D eigenvalue weighted by Crippen LogP contribution is -2.43. The number of hydrogen-bond acceptors (Lipinski definition) is 6. The summed E-state index contributed by atoms with van der Waals surface area (Å²) < 4.78 is 38.4. The molecule has 0 saturated heterocycles. The number of carbonyl (C=O) groups excluding carboxylic acids is 1. The maximum absolute atomic E-state index is 12.8. The zero-order valence-corrected chi connectivity index (χ0v) is 17.7. The summed E-state index contributed by atoms with van der Waals surface area (Å²) >= 11 is 0. The standard InChI is InChI=1S/C22H23NO6S/c1-14(2)12-19(23-30(26,27)18-9-4-15(3)5-10-18)22(25)28-17-8-6-16-7-11-21(24)29-20(16)13-17/h4-11,13-14,19,23H,12H2,1-3H3/t19-/m1/s1. The molecule has 0 saturated carbocycles. The second kappa shape index (κ2) is 8.81. The van der Waals surface area contributed by atoms with Crippen LogP contribution in [0, 0.1) is 12.8 Å². The quantitative estimate of drug-likeness (QED) is 0.351. The SMILES string of the molecule is Cc1ccc(S(=O)(=O)N[C@H](CC(C)C)C(=O)Oc2ccc3ccc(=O)oc3c2)cc1. The van der Waals surface area contributed by atoms with Crippen molar-refractivity contribution in [3.8, 4) is 5.75 Å². The summed E-state index contributed by atoms with van der Waals surface area (Å²) in [5.74, 6) is -0.542. The molecule has 0 fully saturated rings. The predicted molar refractivity (Wildman–Crippen MR) is 113 cm³/mol. The molecule has 0 radical (unpaired) electrons. The first-order valence-corrected chi connectivity index (χ1v) is 11.0. The van der Waals surface area contributed by atoms with Gasteiger partial charge in [0.15, 0.2) is 0 Å². The predicted octanol–water partition coefficient (Wildman–Crippen LogP) is 3.40. The van der Waals surface area contributed by atoms with Gasteiger partial charge in [-0.15, -0.1) is 0 Å². The van der Waals surface area contributed by atoms with E-state index in [0.29, 0.717) is 5.39 Å². The summed E-state index contributed by atoms with van der Waals surface area (Å²) in [6.45, 7) is 5.62. The van der Waals surface area contributed by atoms with Crippen LogP contribution in [0.4, 0.5) is 0 Å². The molecule has 0 aliphatic carbocycles. The van der Waals surface area contributed by atoms with Gasteiger partial charge in [0.2, 0.25) is 10.0 Å². The van der Waals surface area contributed by atoms with Crippen molar-refractivity contribution in [2.75, 3.05) is 0 Å². The van der Waals surface area contributed by atoms with Crippen LogP contribution >= 0.6 is 0 Å². The molecule has 0 unspecified atom stereocenters. The third kappa shape index (κ3) is 5.34. The molecule has 0 bridgehead atoms. The van der Waals surface area contributed by atoms with Crippen molar-refractivity contribution in [1.82, 2.24) is 4.72 Å². The van der Waals surface area contributed by atoms with Crippen LogP contribution in [0.25, 0.3) is 11.0 Å². The van der Waals surface area contributed by atoms with E-state index in [1.165, 1.54) is 24.3 Å². The Hall–Kier alpha value is -2.97. The Labute approximate surface area is 174 Å². The van der Waals surface area contributed by atoms with E-state index >= 15 is 0 Å². The molecule has 7 nitrogen and oxygen atoms in total. The summed E-state index contributed by atoms with van der Waals surface area (Å²) in [6.07, 6.45) is 0.257. The monoisotopic (exact) mass is 429 g/mol. The lowest BCUT2D eigenvalue weighted by Gasteiger charge is -2.19. The first kappa shape index (κ1) is 21.7. The van der Waals surface area contributed by atoms with Crippen LogP contribution in [0.5, 0.6) is 5.75 Å². The van der Waals surface area contributed by atoms with Gasteiger partial charge in [-0.1, -0.05) is 31.5 Å². The molecule has 158 valence electrons. The van der Waals surface area contributed by atoms with Gasteiger partial charge in [-0.3, -0.25) is 0 Å². The van der Waals surface area contributed by atoms with Gasteiger partial charge < -0.3 is 9.15 Å². The zero-order chi connectivity index (χ0) is 21.9. The summed E-state index contributed by atoms with van der Waals surface area (Å²) in [5.41, 5.74) is 0.679. The highest BCUT2D eigenvalue weighted by Crippen LogP contribution is 2.21. The Morgan fingerprint density at radius 3 is 2.40 bits per heavy atom. The first-order valence-electron chi connectivity index (χ1n) is 9.48. The molecule has 8 heteroatoms. The van der Waals surface area contributed by atoms with Gasteiger partial charge in [0.25, 0.3) is 0 Å². The molecule has 30 heavy (non-hydrogen) atoms. The van der Waals surface area contributed by atoms with Crippen LogP contribution in [0.15, 0.2) is 68.7 Å². The van der Waals surface area contributed by atoms with Crippen molar-refractivity contribution >= 4 is 27.0 Å². The van der Waals surface area contributed by atoms with E-state index in [1.54, 1.807) is 30.3 Å². The number of sulfonamides is 1. The van der Waals surface area contributed by atoms with Crippen LogP contribution in [-0.4, -0.2) is 20.4 Å². The number of rotatable bonds is 7. The van der Waals surface area contributed by atoms with E-state index in [0.717, 1.165) is 5.56 Å². The Morgan fingerprint density at radius 1 is 1.07 bits per heavy atom. The lowest BCUT2D eigenvalue weighted by molar-refractivity contribution is -0.136. The molecule has 1 atom stereocenters. The Kier molecular flexibility index (Phi) is 6.38. The largest absolute Gasteiger partial charge is 0.425 e. The Bertz CT molecular complexity index is 1210. The number of fused-ring (bicyclic) bond motifs is 1. The number of ether oxygens (including phenoxy) is 1. The fraction of sp³-hybridized carbons (Fsp3) is 0.273. The highest BCUT2D eigenvalue weighted by atomic mass is 32.2. The minimum Gasteiger partial charge on any atom is -0.425 e. The van der Waals surface area contributed by atoms with Crippen molar-refractivity contribution in [2.45, 2.75) is 38.1 Å². The third-order valence-electron chi connectivity index (χ3n) is 4.43. The van der Waals surface area contributed by atoms with Crippen LogP contribution in [0.1, 0.15) is 25.8 Å². The van der Waals surface area contributed by atoms with Gasteiger partial charge in [-0.05, 0) is 49.6 Å². The van der Waals surface area contributed by atoms with Gasteiger partial charge in [-0.25, -0.2) is 18.0 Å². The van der Waals surface area contributed by atoms with Crippen molar-refractivity contribution < 1.29 is 22.4 Å². The molecule has 0 amide bonds. The van der Waals surface area contributed by atoms with E-state index in [9.17, 15) is 18.0 Å². The number of benzene rings is 2. The lowest BCUT2D eigenvalue weighted by atomic mass is 10.0. The molecule has 1 aromatic heterocycles. The molecule has 0 spiro atoms. The van der Waals surface area contributed by atoms with Gasteiger partial charge in [0, 0.05) is 17.5 Å². The molecular weight excluding hydrogens is 406 g/mol. The second-order valence-electron chi connectivity index (χ2n) is 7.49. The van der Waals surface area contributed by atoms with Crippen molar-refractivity contribution in [2.24, 2.45) is 5.92 Å². The Morgan fingerprint density at radius 2 is 1.73 bits per heavy atom. The molecule has 0 aliphatic rings. The van der Waals surface area contributed by atoms with Crippen LogP contribution in [0.2, 0.25) is 0 Å². The highest BCUT2D eigenvalue weighted by Gasteiger charge is 2.28. The third-order valence-corrected chi connectivity index (χ3v) is 5.92. The average Bonchev–Trinajstić information content (AvgIpc) is 2.67. The summed E-state index contributed by atoms with van der Waals surface area (Å²) in [5, 5.41) is 0.674. The van der Waals surface area contributed by atoms with Gasteiger partial charge >= 0.3 is 11.6 Å². The van der Waals surface area contributed by atoms with E-state index < -0.39 is 27.7 Å². The normalized spacial score (nSPS) is 12.8.